The molecule has 0 bridgehead atoms. The van der Waals surface area contributed by atoms with Gasteiger partial charge < -0.3 is 5.32 Å². The molecule has 0 fully saturated rings. The van der Waals surface area contributed by atoms with Gasteiger partial charge in [0.15, 0.2) is 0 Å². The molecule has 12 heavy (non-hydrogen) atoms. The Bertz CT molecular complexity index is 244. The molecular formula is C9H16N2S. The van der Waals surface area contributed by atoms with Crippen LogP contribution in [0.25, 0.3) is 0 Å². The van der Waals surface area contributed by atoms with Gasteiger partial charge in [-0.15, -0.1) is 11.3 Å². The van der Waals surface area contributed by atoms with Gasteiger partial charge in [-0.1, -0.05) is 6.92 Å². The van der Waals surface area contributed by atoms with Gasteiger partial charge in [0.05, 0.1) is 5.01 Å². The second-order valence-corrected chi connectivity index (χ2v) is 4.08. The molecule has 0 aliphatic carbocycles. The highest BCUT2D eigenvalue weighted by Crippen LogP contribution is 2.22. The van der Waals surface area contributed by atoms with Crippen molar-refractivity contribution in [3.05, 3.63) is 16.1 Å². The van der Waals surface area contributed by atoms with Gasteiger partial charge in [-0.05, 0) is 20.9 Å². The van der Waals surface area contributed by atoms with Crippen molar-refractivity contribution < 1.29 is 0 Å². The van der Waals surface area contributed by atoms with Gasteiger partial charge in [0.2, 0.25) is 0 Å². The fourth-order valence-corrected chi connectivity index (χ4v) is 2.00. The first-order valence-electron chi connectivity index (χ1n) is 4.24. The van der Waals surface area contributed by atoms with Gasteiger partial charge in [-0.25, -0.2) is 4.98 Å². The standard InChI is InChI=1S/C9H16N2S/c1-6-5-12-9(11-6)7(2)8(3)10-4/h5,7-8,10H,1-4H3. The fraction of sp³-hybridized carbons (Fsp3) is 0.667. The fourth-order valence-electron chi connectivity index (χ4n) is 1.05. The zero-order chi connectivity index (χ0) is 9.14. The lowest BCUT2D eigenvalue weighted by Gasteiger charge is -2.16. The van der Waals surface area contributed by atoms with Crippen LogP contribution < -0.4 is 5.32 Å². The maximum atomic E-state index is 4.46. The van der Waals surface area contributed by atoms with Crippen molar-refractivity contribution in [1.82, 2.24) is 10.3 Å². The smallest absolute Gasteiger partial charge is 0.0971 e. The molecule has 1 N–H and O–H groups in total. The highest BCUT2D eigenvalue weighted by molar-refractivity contribution is 7.09. The van der Waals surface area contributed by atoms with Gasteiger partial charge in [0, 0.05) is 23.0 Å². The quantitative estimate of drug-likeness (QED) is 0.778. The summed E-state index contributed by atoms with van der Waals surface area (Å²) in [5.41, 5.74) is 1.13. The maximum Gasteiger partial charge on any atom is 0.0971 e. The summed E-state index contributed by atoms with van der Waals surface area (Å²) >= 11 is 1.75. The lowest BCUT2D eigenvalue weighted by Crippen LogP contribution is -2.27. The van der Waals surface area contributed by atoms with Crippen LogP contribution in [-0.4, -0.2) is 18.1 Å². The van der Waals surface area contributed by atoms with Crippen molar-refractivity contribution in [3.8, 4) is 0 Å². The third kappa shape index (κ3) is 2.05. The topological polar surface area (TPSA) is 24.9 Å². The Balaban J connectivity index is 2.70. The number of hydrogen-bond donors (Lipinski definition) is 1. The number of rotatable bonds is 3. The molecule has 0 amide bonds. The molecule has 3 heteroatoms. The van der Waals surface area contributed by atoms with E-state index in [0.29, 0.717) is 12.0 Å². The summed E-state index contributed by atoms with van der Waals surface area (Å²) in [6, 6.07) is 0.496. The first-order chi connectivity index (χ1) is 5.65. The Kier molecular flexibility index (Phi) is 3.23. The number of aryl methyl sites for hydroxylation is 1. The second kappa shape index (κ2) is 4.01. The SMILES string of the molecule is CNC(C)C(C)c1nc(C)cs1. The molecule has 0 radical (unpaired) electrons. The van der Waals surface area contributed by atoms with Crippen LogP contribution in [0.3, 0.4) is 0 Å². The molecule has 1 heterocycles. The van der Waals surface area contributed by atoms with E-state index in [1.807, 2.05) is 14.0 Å². The van der Waals surface area contributed by atoms with Crippen LogP contribution in [0.1, 0.15) is 30.5 Å². The number of thiazole rings is 1. The molecule has 2 unspecified atom stereocenters. The van der Waals surface area contributed by atoms with Crippen LogP contribution in [0.5, 0.6) is 0 Å². The minimum absolute atomic E-state index is 0.496. The van der Waals surface area contributed by atoms with Crippen molar-refractivity contribution in [1.29, 1.82) is 0 Å². The van der Waals surface area contributed by atoms with Crippen molar-refractivity contribution >= 4 is 11.3 Å². The molecule has 1 aromatic heterocycles. The van der Waals surface area contributed by atoms with Crippen LogP contribution >= 0.6 is 11.3 Å². The summed E-state index contributed by atoms with van der Waals surface area (Å²) in [6.07, 6.45) is 0. The maximum absolute atomic E-state index is 4.46. The monoisotopic (exact) mass is 184 g/mol. The van der Waals surface area contributed by atoms with E-state index >= 15 is 0 Å². The molecule has 0 aliphatic rings. The van der Waals surface area contributed by atoms with Crippen molar-refractivity contribution in [2.24, 2.45) is 0 Å². The predicted molar refractivity (Wildman–Crippen MR) is 53.8 cm³/mol. The van der Waals surface area contributed by atoms with Gasteiger partial charge in [-0.2, -0.15) is 0 Å². The van der Waals surface area contributed by atoms with E-state index in [1.165, 1.54) is 5.01 Å². The average Bonchev–Trinajstić information content (AvgIpc) is 2.49. The summed E-state index contributed by atoms with van der Waals surface area (Å²) in [5, 5.41) is 6.58. The van der Waals surface area contributed by atoms with Gasteiger partial charge in [0.25, 0.3) is 0 Å². The summed E-state index contributed by atoms with van der Waals surface area (Å²) < 4.78 is 0. The zero-order valence-electron chi connectivity index (χ0n) is 8.09. The highest BCUT2D eigenvalue weighted by Gasteiger charge is 2.14. The van der Waals surface area contributed by atoms with E-state index in [-0.39, 0.29) is 0 Å². The van der Waals surface area contributed by atoms with E-state index in [9.17, 15) is 0 Å². The van der Waals surface area contributed by atoms with Gasteiger partial charge in [-0.3, -0.25) is 0 Å². The first-order valence-corrected chi connectivity index (χ1v) is 5.12. The van der Waals surface area contributed by atoms with E-state index in [0.717, 1.165) is 5.69 Å². The largest absolute Gasteiger partial charge is 0.317 e. The molecule has 68 valence electrons. The zero-order valence-corrected chi connectivity index (χ0v) is 8.90. The number of likely N-dealkylation sites (N-methyl/N-ethyl adjacent to an activating group) is 1. The van der Waals surface area contributed by atoms with Crippen molar-refractivity contribution in [2.45, 2.75) is 32.7 Å². The Labute approximate surface area is 78.0 Å². The molecule has 0 spiro atoms. The number of aromatic nitrogens is 1. The van der Waals surface area contributed by atoms with E-state index < -0.39 is 0 Å². The molecule has 0 aliphatic heterocycles. The lowest BCUT2D eigenvalue weighted by atomic mass is 10.1. The van der Waals surface area contributed by atoms with Crippen LogP contribution in [0.15, 0.2) is 5.38 Å². The molecule has 0 aromatic carbocycles. The lowest BCUT2D eigenvalue weighted by molar-refractivity contribution is 0.522. The third-order valence-electron chi connectivity index (χ3n) is 2.23. The van der Waals surface area contributed by atoms with E-state index in [2.05, 4.69) is 29.5 Å². The normalized spacial score (nSPS) is 16.0. The Morgan fingerprint density at radius 1 is 1.50 bits per heavy atom. The average molecular weight is 184 g/mol. The molecule has 2 nitrogen and oxygen atoms in total. The van der Waals surface area contributed by atoms with Crippen LogP contribution in [0.4, 0.5) is 0 Å². The van der Waals surface area contributed by atoms with Gasteiger partial charge in [0.1, 0.15) is 0 Å². The molecule has 2 atom stereocenters. The molecular weight excluding hydrogens is 168 g/mol. The number of nitrogens with zero attached hydrogens (tertiary/aromatic N) is 1. The number of hydrogen-bond acceptors (Lipinski definition) is 3. The molecule has 0 saturated heterocycles. The second-order valence-electron chi connectivity index (χ2n) is 3.19. The Hall–Kier alpha value is -0.410. The van der Waals surface area contributed by atoms with E-state index in [1.54, 1.807) is 11.3 Å². The minimum atomic E-state index is 0.496. The molecule has 1 aromatic rings. The summed E-state index contributed by atoms with van der Waals surface area (Å²) in [7, 11) is 1.99. The van der Waals surface area contributed by atoms with Crippen LogP contribution in [0.2, 0.25) is 0 Å². The molecule has 1 rings (SSSR count). The Morgan fingerprint density at radius 3 is 2.58 bits per heavy atom. The minimum Gasteiger partial charge on any atom is -0.317 e. The van der Waals surface area contributed by atoms with Crippen molar-refractivity contribution in [3.63, 3.8) is 0 Å². The number of nitrogens with one attached hydrogen (secondary N) is 1. The first kappa shape index (κ1) is 9.68. The van der Waals surface area contributed by atoms with Crippen LogP contribution in [-0.2, 0) is 0 Å². The Morgan fingerprint density at radius 2 is 2.17 bits per heavy atom. The predicted octanol–water partition coefficient (Wildman–Crippen LogP) is 2.16. The third-order valence-corrected chi connectivity index (χ3v) is 3.40. The molecule has 0 saturated carbocycles. The highest BCUT2D eigenvalue weighted by atomic mass is 32.1. The van der Waals surface area contributed by atoms with Crippen LogP contribution in [0, 0.1) is 6.92 Å². The van der Waals surface area contributed by atoms with Gasteiger partial charge >= 0.3 is 0 Å². The van der Waals surface area contributed by atoms with Crippen molar-refractivity contribution in [2.75, 3.05) is 7.05 Å². The van der Waals surface area contributed by atoms with E-state index in [4.69, 9.17) is 0 Å². The summed E-state index contributed by atoms with van der Waals surface area (Å²) in [6.45, 7) is 6.43. The summed E-state index contributed by atoms with van der Waals surface area (Å²) in [4.78, 5) is 4.46. The summed E-state index contributed by atoms with van der Waals surface area (Å²) in [5.74, 6) is 0.508.